The first-order valence-electron chi connectivity index (χ1n) is 13.6. The minimum absolute atomic E-state index is 0.0435. The lowest BCUT2D eigenvalue weighted by Crippen LogP contribution is -2.58. The van der Waals surface area contributed by atoms with Crippen LogP contribution in [0.15, 0.2) is 0 Å². The fraction of sp³-hybridized carbons (Fsp3) is 0.885. The lowest BCUT2D eigenvalue weighted by atomic mass is 9.99. The van der Waals surface area contributed by atoms with E-state index >= 15 is 0 Å². The summed E-state index contributed by atoms with van der Waals surface area (Å²) in [5.74, 6) is -3.25. The molecule has 0 aromatic carbocycles. The standard InChI is InChI=1S/C26H46O11/c1-2-3-4-5-6-7-8-9-10-11-12-13-14-15-21(29)36-18(16-20(27)28)25(33)35-17-19-22(30)23(31)24(32)26(34)37-19/h18-19,22-24,26,30-32,34H,2-17H2,1H3,(H,27,28)/t18-,19+,22+,23-,24+,26?/m0/s1. The number of rotatable bonds is 20. The second-order valence-electron chi connectivity index (χ2n) is 9.74. The van der Waals surface area contributed by atoms with E-state index in [4.69, 9.17) is 19.3 Å². The Morgan fingerprint density at radius 2 is 1.27 bits per heavy atom. The van der Waals surface area contributed by atoms with Crippen LogP contribution in [0.4, 0.5) is 0 Å². The molecule has 1 rings (SSSR count). The van der Waals surface area contributed by atoms with E-state index in [1.807, 2.05) is 0 Å². The van der Waals surface area contributed by atoms with Gasteiger partial charge in [-0.15, -0.1) is 0 Å². The summed E-state index contributed by atoms with van der Waals surface area (Å²) in [7, 11) is 0. The highest BCUT2D eigenvalue weighted by Gasteiger charge is 2.43. The van der Waals surface area contributed by atoms with Crippen LogP contribution in [0.5, 0.6) is 0 Å². The van der Waals surface area contributed by atoms with Gasteiger partial charge in [0, 0.05) is 6.42 Å². The van der Waals surface area contributed by atoms with Crippen LogP contribution in [0.1, 0.15) is 103 Å². The summed E-state index contributed by atoms with van der Waals surface area (Å²) in [4.78, 5) is 35.5. The molecule has 5 N–H and O–H groups in total. The van der Waals surface area contributed by atoms with Gasteiger partial charge in [0.05, 0.1) is 6.42 Å². The first kappa shape index (κ1) is 33.2. The highest BCUT2D eigenvalue weighted by Crippen LogP contribution is 2.20. The van der Waals surface area contributed by atoms with Gasteiger partial charge >= 0.3 is 17.9 Å². The maximum Gasteiger partial charge on any atom is 0.348 e. The summed E-state index contributed by atoms with van der Waals surface area (Å²) in [6.07, 6.45) is 4.18. The van der Waals surface area contributed by atoms with Crippen molar-refractivity contribution in [3.05, 3.63) is 0 Å². The third-order valence-corrected chi connectivity index (χ3v) is 6.46. The molecule has 1 fully saturated rings. The number of aliphatic carboxylic acids is 1. The molecule has 0 saturated carbocycles. The van der Waals surface area contributed by atoms with Gasteiger partial charge in [-0.2, -0.15) is 0 Å². The molecular weight excluding hydrogens is 488 g/mol. The zero-order valence-electron chi connectivity index (χ0n) is 22.0. The van der Waals surface area contributed by atoms with Crippen LogP contribution in [0, 0.1) is 0 Å². The van der Waals surface area contributed by atoms with E-state index < -0.39 is 67.7 Å². The normalized spacial score (nSPS) is 24.4. The molecule has 1 heterocycles. The first-order valence-corrected chi connectivity index (χ1v) is 13.6. The number of carboxylic acid groups (broad SMARTS) is 1. The second-order valence-corrected chi connectivity index (χ2v) is 9.74. The monoisotopic (exact) mass is 534 g/mol. The molecule has 0 aromatic rings. The Labute approximate surface area is 219 Å². The summed E-state index contributed by atoms with van der Waals surface area (Å²) in [5, 5.41) is 47.6. The molecule has 1 saturated heterocycles. The van der Waals surface area contributed by atoms with Gasteiger partial charge < -0.3 is 39.7 Å². The van der Waals surface area contributed by atoms with Gasteiger partial charge in [-0.1, -0.05) is 84.0 Å². The predicted octanol–water partition coefficient (Wildman–Crippen LogP) is 2.20. The van der Waals surface area contributed by atoms with Crippen molar-refractivity contribution in [3.8, 4) is 0 Å². The van der Waals surface area contributed by atoms with Gasteiger partial charge in [-0.25, -0.2) is 4.79 Å². The van der Waals surface area contributed by atoms with Gasteiger partial charge in [0.1, 0.15) is 31.0 Å². The smallest absolute Gasteiger partial charge is 0.348 e. The third-order valence-electron chi connectivity index (χ3n) is 6.46. The largest absolute Gasteiger partial charge is 0.481 e. The van der Waals surface area contributed by atoms with Crippen LogP contribution in [-0.2, 0) is 28.6 Å². The van der Waals surface area contributed by atoms with Gasteiger partial charge in [0.15, 0.2) is 6.29 Å². The topological polar surface area (TPSA) is 180 Å². The summed E-state index contributed by atoms with van der Waals surface area (Å²) < 4.78 is 14.8. The molecule has 216 valence electrons. The van der Waals surface area contributed by atoms with Crippen LogP contribution in [0.25, 0.3) is 0 Å². The van der Waals surface area contributed by atoms with Crippen molar-refractivity contribution in [2.75, 3.05) is 6.61 Å². The number of carbonyl (C=O) groups is 3. The van der Waals surface area contributed by atoms with E-state index in [2.05, 4.69) is 6.92 Å². The molecule has 1 aliphatic rings. The van der Waals surface area contributed by atoms with Crippen LogP contribution in [0.2, 0.25) is 0 Å². The summed E-state index contributed by atoms with van der Waals surface area (Å²) in [6, 6.07) is 0. The van der Waals surface area contributed by atoms with Crippen LogP contribution < -0.4 is 0 Å². The predicted molar refractivity (Wildman–Crippen MR) is 132 cm³/mol. The van der Waals surface area contributed by atoms with Crippen molar-refractivity contribution < 1.29 is 54.1 Å². The summed E-state index contributed by atoms with van der Waals surface area (Å²) in [5.41, 5.74) is 0. The Morgan fingerprint density at radius 1 is 0.757 bits per heavy atom. The molecule has 0 radical (unpaired) electrons. The highest BCUT2D eigenvalue weighted by molar-refractivity contribution is 5.83. The molecule has 11 nitrogen and oxygen atoms in total. The zero-order chi connectivity index (χ0) is 27.6. The molecule has 6 atom stereocenters. The minimum atomic E-state index is -1.81. The molecule has 11 heteroatoms. The molecule has 37 heavy (non-hydrogen) atoms. The number of aliphatic hydroxyl groups excluding tert-OH is 4. The van der Waals surface area contributed by atoms with Crippen molar-refractivity contribution >= 4 is 17.9 Å². The van der Waals surface area contributed by atoms with E-state index in [-0.39, 0.29) is 6.42 Å². The zero-order valence-corrected chi connectivity index (χ0v) is 22.0. The number of esters is 2. The van der Waals surface area contributed by atoms with E-state index in [0.29, 0.717) is 6.42 Å². The molecule has 0 bridgehead atoms. The second kappa shape index (κ2) is 19.3. The number of carboxylic acids is 1. The Kier molecular flexibility index (Phi) is 17.3. The molecule has 1 unspecified atom stereocenters. The van der Waals surface area contributed by atoms with Crippen LogP contribution in [-0.4, -0.2) is 86.9 Å². The summed E-state index contributed by atoms with van der Waals surface area (Å²) >= 11 is 0. The van der Waals surface area contributed by atoms with E-state index in [9.17, 15) is 34.8 Å². The van der Waals surface area contributed by atoms with Crippen molar-refractivity contribution in [1.29, 1.82) is 0 Å². The average Bonchev–Trinajstić information content (AvgIpc) is 2.86. The maximum atomic E-state index is 12.3. The Hall–Kier alpha value is -1.79. The van der Waals surface area contributed by atoms with Crippen molar-refractivity contribution in [1.82, 2.24) is 0 Å². The van der Waals surface area contributed by atoms with Gasteiger partial charge in [-0.05, 0) is 6.42 Å². The molecule has 0 aliphatic carbocycles. The number of hydrogen-bond acceptors (Lipinski definition) is 10. The highest BCUT2D eigenvalue weighted by atomic mass is 16.7. The molecule has 1 aliphatic heterocycles. The molecule has 0 amide bonds. The fourth-order valence-electron chi connectivity index (χ4n) is 4.16. The minimum Gasteiger partial charge on any atom is -0.481 e. The van der Waals surface area contributed by atoms with Gasteiger partial charge in [0.25, 0.3) is 0 Å². The number of carbonyl (C=O) groups excluding carboxylic acids is 2. The summed E-state index contributed by atoms with van der Waals surface area (Å²) in [6.45, 7) is 1.56. The van der Waals surface area contributed by atoms with Crippen molar-refractivity contribution in [2.24, 2.45) is 0 Å². The number of unbranched alkanes of at least 4 members (excludes halogenated alkanes) is 12. The average molecular weight is 535 g/mol. The first-order chi connectivity index (χ1) is 17.7. The quantitative estimate of drug-likeness (QED) is 0.114. The third kappa shape index (κ3) is 14.1. The van der Waals surface area contributed by atoms with Gasteiger partial charge in [-0.3, -0.25) is 9.59 Å². The van der Waals surface area contributed by atoms with Crippen molar-refractivity contribution in [3.63, 3.8) is 0 Å². The van der Waals surface area contributed by atoms with E-state index in [0.717, 1.165) is 19.3 Å². The number of ether oxygens (including phenoxy) is 3. The van der Waals surface area contributed by atoms with Gasteiger partial charge in [0.2, 0.25) is 6.10 Å². The number of aliphatic hydroxyl groups is 4. The Balaban J connectivity index is 2.24. The number of hydrogen-bond donors (Lipinski definition) is 5. The lowest BCUT2D eigenvalue weighted by Gasteiger charge is -2.37. The molecule has 0 aromatic heterocycles. The fourth-order valence-corrected chi connectivity index (χ4v) is 4.16. The Morgan fingerprint density at radius 3 is 1.78 bits per heavy atom. The van der Waals surface area contributed by atoms with E-state index in [1.54, 1.807) is 0 Å². The molecular formula is C26H46O11. The maximum absolute atomic E-state index is 12.3. The molecule has 0 spiro atoms. The SMILES string of the molecule is CCCCCCCCCCCCCCCC(=O)O[C@@H](CC(=O)O)C(=O)OC[C@H]1OC(O)[C@H](O)[C@@H](O)[C@@H]1O. The van der Waals surface area contributed by atoms with E-state index in [1.165, 1.54) is 57.8 Å². The van der Waals surface area contributed by atoms with Crippen LogP contribution in [0.3, 0.4) is 0 Å². The lowest BCUT2D eigenvalue weighted by molar-refractivity contribution is -0.287. The Bertz CT molecular complexity index is 656. The van der Waals surface area contributed by atoms with Crippen molar-refractivity contribution in [2.45, 2.75) is 140 Å². The van der Waals surface area contributed by atoms with Crippen LogP contribution >= 0.6 is 0 Å².